The smallest absolute Gasteiger partial charge is 0.255 e. The highest BCUT2D eigenvalue weighted by atomic mass is 16.5. The van der Waals surface area contributed by atoms with E-state index < -0.39 is 0 Å². The highest BCUT2D eigenvalue weighted by Crippen LogP contribution is 2.24. The number of carbonyl (C=O) groups excluding carboxylic acids is 1. The number of hydrogen-bond acceptors (Lipinski definition) is 3. The van der Waals surface area contributed by atoms with Crippen molar-refractivity contribution in [2.24, 2.45) is 5.92 Å². The first-order valence-electron chi connectivity index (χ1n) is 8.58. The molecule has 0 aliphatic carbocycles. The Balaban J connectivity index is 1.56. The minimum absolute atomic E-state index is 0.106. The van der Waals surface area contributed by atoms with Gasteiger partial charge in [-0.1, -0.05) is 12.1 Å². The van der Waals surface area contributed by atoms with Crippen molar-refractivity contribution in [3.05, 3.63) is 59.9 Å². The fourth-order valence-electron chi connectivity index (χ4n) is 3.36. The molecule has 1 fully saturated rings. The molecule has 3 rings (SSSR count). The van der Waals surface area contributed by atoms with E-state index in [1.165, 1.54) is 12.0 Å². The number of benzene rings is 1. The third kappa shape index (κ3) is 4.13. The molecule has 0 unspecified atom stereocenters. The van der Waals surface area contributed by atoms with E-state index in [0.717, 1.165) is 38.1 Å². The van der Waals surface area contributed by atoms with E-state index in [2.05, 4.69) is 17.1 Å². The fraction of sp³-hybridized carbons (Fsp3) is 0.400. The fourth-order valence-corrected chi connectivity index (χ4v) is 3.36. The molecule has 0 radical (unpaired) electrons. The topological polar surface area (TPSA) is 42.4 Å². The number of methoxy groups -OCH3 is 1. The molecule has 1 amide bonds. The highest BCUT2D eigenvalue weighted by Gasteiger charge is 2.24. The van der Waals surface area contributed by atoms with E-state index in [-0.39, 0.29) is 5.91 Å². The molecule has 0 bridgehead atoms. The zero-order valence-corrected chi connectivity index (χ0v) is 14.1. The number of ether oxygens (including phenoxy) is 1. The van der Waals surface area contributed by atoms with Crippen LogP contribution in [0.3, 0.4) is 0 Å². The van der Waals surface area contributed by atoms with Gasteiger partial charge in [-0.15, -0.1) is 0 Å². The summed E-state index contributed by atoms with van der Waals surface area (Å²) < 4.78 is 5.29. The number of pyridine rings is 1. The van der Waals surface area contributed by atoms with Gasteiger partial charge in [-0.2, -0.15) is 0 Å². The Hall–Kier alpha value is -2.36. The van der Waals surface area contributed by atoms with Gasteiger partial charge >= 0.3 is 0 Å². The van der Waals surface area contributed by atoms with Crippen LogP contribution in [-0.2, 0) is 6.42 Å². The Morgan fingerprint density at radius 1 is 1.33 bits per heavy atom. The van der Waals surface area contributed by atoms with Crippen molar-refractivity contribution in [2.45, 2.75) is 25.7 Å². The van der Waals surface area contributed by atoms with Crippen molar-refractivity contribution in [2.75, 3.05) is 20.2 Å². The average molecular weight is 324 g/mol. The third-order valence-corrected chi connectivity index (χ3v) is 4.69. The second-order valence-electron chi connectivity index (χ2n) is 6.39. The first-order valence-corrected chi connectivity index (χ1v) is 8.58. The molecule has 1 aromatic heterocycles. The lowest BCUT2D eigenvalue weighted by molar-refractivity contribution is 0.0668. The third-order valence-electron chi connectivity index (χ3n) is 4.69. The van der Waals surface area contributed by atoms with Gasteiger partial charge in [0.2, 0.25) is 0 Å². The van der Waals surface area contributed by atoms with Crippen LogP contribution in [0, 0.1) is 5.92 Å². The van der Waals surface area contributed by atoms with Crippen molar-refractivity contribution in [1.82, 2.24) is 9.88 Å². The maximum atomic E-state index is 12.6. The number of likely N-dealkylation sites (tertiary alicyclic amines) is 1. The molecule has 2 aromatic rings. The van der Waals surface area contributed by atoms with Crippen molar-refractivity contribution in [3.63, 3.8) is 0 Å². The average Bonchev–Trinajstić information content (AvgIpc) is 2.67. The number of nitrogens with zero attached hydrogens (tertiary/aromatic N) is 2. The molecule has 0 saturated carbocycles. The summed E-state index contributed by atoms with van der Waals surface area (Å²) in [7, 11) is 1.70. The molecule has 24 heavy (non-hydrogen) atoms. The minimum Gasteiger partial charge on any atom is -0.497 e. The van der Waals surface area contributed by atoms with Crippen molar-refractivity contribution in [1.29, 1.82) is 0 Å². The minimum atomic E-state index is 0.106. The van der Waals surface area contributed by atoms with Gasteiger partial charge in [0.15, 0.2) is 0 Å². The number of rotatable bonds is 5. The summed E-state index contributed by atoms with van der Waals surface area (Å²) in [5.41, 5.74) is 1.98. The lowest BCUT2D eigenvalue weighted by atomic mass is 9.91. The van der Waals surface area contributed by atoms with Crippen LogP contribution in [0.1, 0.15) is 35.2 Å². The quantitative estimate of drug-likeness (QED) is 0.844. The van der Waals surface area contributed by atoms with Crippen LogP contribution in [-0.4, -0.2) is 36.0 Å². The van der Waals surface area contributed by atoms with Crippen molar-refractivity contribution in [3.8, 4) is 5.75 Å². The second kappa shape index (κ2) is 7.95. The zero-order valence-electron chi connectivity index (χ0n) is 14.1. The summed E-state index contributed by atoms with van der Waals surface area (Å²) in [5, 5.41) is 0. The van der Waals surface area contributed by atoms with Gasteiger partial charge in [0.1, 0.15) is 5.75 Å². The Kier molecular flexibility index (Phi) is 5.47. The zero-order chi connectivity index (χ0) is 16.8. The Labute approximate surface area is 143 Å². The van der Waals surface area contributed by atoms with Crippen LogP contribution in [0.15, 0.2) is 48.8 Å². The molecule has 4 heteroatoms. The molecule has 1 aliphatic rings. The summed E-state index contributed by atoms with van der Waals surface area (Å²) >= 11 is 0. The van der Waals surface area contributed by atoms with Crippen molar-refractivity contribution < 1.29 is 9.53 Å². The number of aromatic nitrogens is 1. The molecule has 2 heterocycles. The number of aryl methyl sites for hydroxylation is 1. The predicted molar refractivity (Wildman–Crippen MR) is 94.2 cm³/mol. The van der Waals surface area contributed by atoms with Crippen molar-refractivity contribution >= 4 is 5.91 Å². The summed E-state index contributed by atoms with van der Waals surface area (Å²) in [6.07, 6.45) is 7.75. The number of carbonyl (C=O) groups is 1. The van der Waals surface area contributed by atoms with Crippen LogP contribution in [0.25, 0.3) is 0 Å². The Morgan fingerprint density at radius 3 is 3.04 bits per heavy atom. The number of piperidine rings is 1. The molecule has 0 N–H and O–H groups in total. The molecule has 126 valence electrons. The van der Waals surface area contributed by atoms with Crippen LogP contribution >= 0.6 is 0 Å². The molecule has 0 spiro atoms. The lowest BCUT2D eigenvalue weighted by Gasteiger charge is -2.33. The maximum Gasteiger partial charge on any atom is 0.255 e. The molecule has 1 saturated heterocycles. The summed E-state index contributed by atoms with van der Waals surface area (Å²) in [6, 6.07) is 11.9. The Morgan fingerprint density at radius 2 is 2.25 bits per heavy atom. The van der Waals surface area contributed by atoms with Gasteiger partial charge in [0.05, 0.1) is 12.7 Å². The highest BCUT2D eigenvalue weighted by molar-refractivity contribution is 5.93. The van der Waals surface area contributed by atoms with E-state index in [0.29, 0.717) is 11.5 Å². The first kappa shape index (κ1) is 16.5. The van der Waals surface area contributed by atoms with E-state index in [4.69, 9.17) is 4.74 Å². The molecule has 1 aromatic carbocycles. The predicted octanol–water partition coefficient (Wildman–Crippen LogP) is 3.58. The molecule has 4 nitrogen and oxygen atoms in total. The van der Waals surface area contributed by atoms with Crippen LogP contribution in [0.2, 0.25) is 0 Å². The largest absolute Gasteiger partial charge is 0.497 e. The van der Waals surface area contributed by atoms with Crippen LogP contribution < -0.4 is 4.74 Å². The molecular formula is C20H24N2O2. The normalized spacial score (nSPS) is 17.5. The van der Waals surface area contributed by atoms with Gasteiger partial charge in [0, 0.05) is 25.5 Å². The second-order valence-corrected chi connectivity index (χ2v) is 6.39. The lowest BCUT2D eigenvalue weighted by Crippen LogP contribution is -2.40. The van der Waals surface area contributed by atoms with Gasteiger partial charge in [-0.05, 0) is 61.4 Å². The maximum absolute atomic E-state index is 12.6. The van der Waals surface area contributed by atoms with Crippen LogP contribution in [0.4, 0.5) is 0 Å². The monoisotopic (exact) mass is 324 g/mol. The van der Waals surface area contributed by atoms with E-state index >= 15 is 0 Å². The summed E-state index contributed by atoms with van der Waals surface area (Å²) in [5.74, 6) is 1.57. The van der Waals surface area contributed by atoms with E-state index in [9.17, 15) is 4.79 Å². The summed E-state index contributed by atoms with van der Waals surface area (Å²) in [6.45, 7) is 1.70. The van der Waals surface area contributed by atoms with E-state index in [1.807, 2.05) is 29.2 Å². The first-order chi connectivity index (χ1) is 11.8. The molecule has 1 aliphatic heterocycles. The molecular weight excluding hydrogens is 300 g/mol. The number of amides is 1. The van der Waals surface area contributed by atoms with E-state index in [1.54, 1.807) is 19.5 Å². The number of hydrogen-bond donors (Lipinski definition) is 0. The van der Waals surface area contributed by atoms with Gasteiger partial charge < -0.3 is 9.64 Å². The van der Waals surface area contributed by atoms with Gasteiger partial charge in [-0.25, -0.2) is 0 Å². The SMILES string of the molecule is COc1cccc(CC[C@H]2CCCN(C(=O)c3cccnc3)C2)c1. The van der Waals surface area contributed by atoms with Gasteiger partial charge in [0.25, 0.3) is 5.91 Å². The van der Waals surface area contributed by atoms with Crippen LogP contribution in [0.5, 0.6) is 5.75 Å². The van der Waals surface area contributed by atoms with Gasteiger partial charge in [-0.3, -0.25) is 9.78 Å². The summed E-state index contributed by atoms with van der Waals surface area (Å²) in [4.78, 5) is 18.6. The standard InChI is InChI=1S/C20H24N2O2/c1-24-19-8-2-5-16(13-19)9-10-17-6-4-12-22(15-17)20(23)18-7-3-11-21-14-18/h2-3,5,7-8,11,13-14,17H,4,6,9-10,12,15H2,1H3/t17-/m1/s1. The Bertz CT molecular complexity index is 672. The molecule has 1 atom stereocenters.